The molecule has 5 heteroatoms. The van der Waals surface area contributed by atoms with E-state index in [4.69, 9.17) is 4.42 Å². The van der Waals surface area contributed by atoms with Gasteiger partial charge < -0.3 is 9.73 Å². The second kappa shape index (κ2) is 4.25. The van der Waals surface area contributed by atoms with Gasteiger partial charge >= 0.3 is 6.01 Å². The molecular weight excluding hydrogens is 206 g/mol. The van der Waals surface area contributed by atoms with Crippen molar-refractivity contribution in [2.24, 2.45) is 5.41 Å². The van der Waals surface area contributed by atoms with Crippen molar-refractivity contribution < 1.29 is 9.21 Å². The summed E-state index contributed by atoms with van der Waals surface area (Å²) < 4.78 is 5.11. The van der Waals surface area contributed by atoms with Gasteiger partial charge in [-0.05, 0) is 32.9 Å². The molecule has 0 atom stereocenters. The first-order chi connectivity index (χ1) is 7.60. The van der Waals surface area contributed by atoms with E-state index in [1.165, 1.54) is 6.26 Å². The third-order valence-corrected chi connectivity index (χ3v) is 3.09. The van der Waals surface area contributed by atoms with Crippen LogP contribution in [0.2, 0.25) is 0 Å². The predicted molar refractivity (Wildman–Crippen MR) is 60.1 cm³/mol. The molecule has 0 spiro atoms. The van der Waals surface area contributed by atoms with E-state index in [9.17, 15) is 4.79 Å². The molecule has 0 aliphatic carbocycles. The van der Waals surface area contributed by atoms with Crippen molar-refractivity contribution in [3.63, 3.8) is 0 Å². The molecule has 88 valence electrons. The molecule has 0 unspecified atom stereocenters. The van der Waals surface area contributed by atoms with Crippen molar-refractivity contribution in [3.8, 4) is 0 Å². The van der Waals surface area contributed by atoms with E-state index >= 15 is 0 Å². The second-order valence-corrected chi connectivity index (χ2v) is 4.56. The fraction of sp³-hybridized carbons (Fsp3) is 0.636. The van der Waals surface area contributed by atoms with E-state index in [1.54, 1.807) is 0 Å². The van der Waals surface area contributed by atoms with Crippen LogP contribution in [0.3, 0.4) is 0 Å². The van der Waals surface area contributed by atoms with Crippen LogP contribution in [0.15, 0.2) is 10.7 Å². The highest BCUT2D eigenvalue weighted by atomic mass is 16.4. The molecule has 16 heavy (non-hydrogen) atoms. The minimum Gasteiger partial charge on any atom is -0.432 e. The van der Waals surface area contributed by atoms with Gasteiger partial charge in [0.15, 0.2) is 0 Å². The van der Waals surface area contributed by atoms with Gasteiger partial charge in [-0.15, -0.1) is 0 Å². The quantitative estimate of drug-likeness (QED) is 0.793. The number of amides is 1. The molecular formula is C11H17N3O2. The number of aryl methyl sites for hydroxylation is 1. The molecule has 5 nitrogen and oxygen atoms in total. The smallest absolute Gasteiger partial charge is 0.301 e. The van der Waals surface area contributed by atoms with Crippen molar-refractivity contribution in [1.29, 1.82) is 0 Å². The van der Waals surface area contributed by atoms with Crippen molar-refractivity contribution in [2.45, 2.75) is 26.7 Å². The summed E-state index contributed by atoms with van der Waals surface area (Å²) in [6, 6.07) is 0.294. The van der Waals surface area contributed by atoms with Crippen LogP contribution in [0.5, 0.6) is 0 Å². The summed E-state index contributed by atoms with van der Waals surface area (Å²) in [5.74, 6) is -0.00384. The number of nitrogens with one attached hydrogen (secondary N) is 2. The zero-order chi connectivity index (χ0) is 11.6. The van der Waals surface area contributed by atoms with Crippen LogP contribution in [-0.2, 0) is 4.79 Å². The van der Waals surface area contributed by atoms with Crippen LogP contribution in [0.1, 0.15) is 25.5 Å². The number of rotatable bonds is 2. The highest BCUT2D eigenvalue weighted by molar-refractivity contribution is 5.93. The lowest BCUT2D eigenvalue weighted by molar-refractivity contribution is -0.126. The third-order valence-electron chi connectivity index (χ3n) is 3.09. The highest BCUT2D eigenvalue weighted by Crippen LogP contribution is 2.29. The predicted octanol–water partition coefficient (Wildman–Crippen LogP) is 1.31. The zero-order valence-corrected chi connectivity index (χ0v) is 9.67. The fourth-order valence-electron chi connectivity index (χ4n) is 1.87. The maximum Gasteiger partial charge on any atom is 0.301 e. The number of anilines is 1. The van der Waals surface area contributed by atoms with E-state index in [1.807, 2.05) is 13.8 Å². The zero-order valence-electron chi connectivity index (χ0n) is 9.67. The SMILES string of the molecule is Cc1coc(NC(=O)C2(C)CCNCC2)n1. The van der Waals surface area contributed by atoms with Gasteiger partial charge in [0.1, 0.15) is 6.26 Å². The summed E-state index contributed by atoms with van der Waals surface area (Å²) in [4.78, 5) is 16.1. The average Bonchev–Trinajstić information content (AvgIpc) is 2.65. The lowest BCUT2D eigenvalue weighted by Gasteiger charge is -2.31. The van der Waals surface area contributed by atoms with Crippen molar-refractivity contribution in [1.82, 2.24) is 10.3 Å². The summed E-state index contributed by atoms with van der Waals surface area (Å²) in [6.07, 6.45) is 3.22. The Labute approximate surface area is 94.6 Å². The molecule has 1 aliphatic rings. The van der Waals surface area contributed by atoms with Gasteiger partial charge in [-0.25, -0.2) is 0 Å². The monoisotopic (exact) mass is 223 g/mol. The Kier molecular flexibility index (Phi) is 2.96. The van der Waals surface area contributed by atoms with Crippen LogP contribution in [0.25, 0.3) is 0 Å². The van der Waals surface area contributed by atoms with Crippen LogP contribution in [-0.4, -0.2) is 24.0 Å². The molecule has 1 aliphatic heterocycles. The minimum atomic E-state index is -0.312. The lowest BCUT2D eigenvalue weighted by atomic mass is 9.80. The van der Waals surface area contributed by atoms with Gasteiger partial charge in [0.25, 0.3) is 0 Å². The topological polar surface area (TPSA) is 67.2 Å². The largest absolute Gasteiger partial charge is 0.432 e. The van der Waals surface area contributed by atoms with E-state index in [0.29, 0.717) is 6.01 Å². The molecule has 0 bridgehead atoms. The Morgan fingerprint density at radius 3 is 2.81 bits per heavy atom. The number of aromatic nitrogens is 1. The van der Waals surface area contributed by atoms with Crippen LogP contribution < -0.4 is 10.6 Å². The lowest BCUT2D eigenvalue weighted by Crippen LogP contribution is -2.42. The van der Waals surface area contributed by atoms with E-state index in [-0.39, 0.29) is 11.3 Å². The van der Waals surface area contributed by atoms with Crippen molar-refractivity contribution in [3.05, 3.63) is 12.0 Å². The molecule has 1 amide bonds. The van der Waals surface area contributed by atoms with Crippen LogP contribution in [0.4, 0.5) is 6.01 Å². The van der Waals surface area contributed by atoms with Gasteiger partial charge in [-0.3, -0.25) is 10.1 Å². The number of carbonyl (C=O) groups is 1. The van der Waals surface area contributed by atoms with Gasteiger partial charge in [0.2, 0.25) is 5.91 Å². The molecule has 0 aromatic carbocycles. The van der Waals surface area contributed by atoms with Gasteiger partial charge in [0.05, 0.1) is 5.69 Å². The van der Waals surface area contributed by atoms with Crippen molar-refractivity contribution in [2.75, 3.05) is 18.4 Å². The number of nitrogens with zero attached hydrogens (tertiary/aromatic N) is 1. The summed E-state index contributed by atoms with van der Waals surface area (Å²) in [5, 5.41) is 5.97. The Bertz CT molecular complexity index is 380. The molecule has 1 saturated heterocycles. The van der Waals surface area contributed by atoms with E-state index in [0.717, 1.165) is 31.6 Å². The van der Waals surface area contributed by atoms with Crippen molar-refractivity contribution >= 4 is 11.9 Å². The van der Waals surface area contributed by atoms with E-state index < -0.39 is 0 Å². The standard InChI is InChI=1S/C11H17N3O2/c1-8-7-16-10(13-8)14-9(15)11(2)3-5-12-6-4-11/h7,12H,3-6H2,1-2H3,(H,13,14,15). The molecule has 0 saturated carbocycles. The third kappa shape index (κ3) is 2.24. The first-order valence-electron chi connectivity index (χ1n) is 5.54. The first kappa shape index (κ1) is 11.1. The van der Waals surface area contributed by atoms with Gasteiger partial charge in [-0.1, -0.05) is 6.92 Å². The number of carbonyl (C=O) groups excluding carboxylic acids is 1. The van der Waals surface area contributed by atoms with Gasteiger partial charge in [-0.2, -0.15) is 4.98 Å². The maximum absolute atomic E-state index is 12.1. The number of hydrogen-bond donors (Lipinski definition) is 2. The Morgan fingerprint density at radius 1 is 1.56 bits per heavy atom. The molecule has 1 aromatic rings. The highest BCUT2D eigenvalue weighted by Gasteiger charge is 2.35. The number of oxazole rings is 1. The van der Waals surface area contributed by atoms with Crippen LogP contribution >= 0.6 is 0 Å². The van der Waals surface area contributed by atoms with Gasteiger partial charge in [0, 0.05) is 5.41 Å². The summed E-state index contributed by atoms with van der Waals surface area (Å²) in [6.45, 7) is 5.58. The molecule has 0 radical (unpaired) electrons. The second-order valence-electron chi connectivity index (χ2n) is 4.56. The molecule has 2 heterocycles. The molecule has 1 fully saturated rings. The van der Waals surface area contributed by atoms with E-state index in [2.05, 4.69) is 15.6 Å². The number of piperidine rings is 1. The molecule has 2 N–H and O–H groups in total. The summed E-state index contributed by atoms with van der Waals surface area (Å²) in [7, 11) is 0. The maximum atomic E-state index is 12.1. The molecule has 1 aromatic heterocycles. The summed E-state index contributed by atoms with van der Waals surface area (Å²) in [5.41, 5.74) is 0.457. The fourth-order valence-corrected chi connectivity index (χ4v) is 1.87. The minimum absolute atomic E-state index is 0.00384. The summed E-state index contributed by atoms with van der Waals surface area (Å²) >= 11 is 0. The number of hydrogen-bond acceptors (Lipinski definition) is 4. The normalized spacial score (nSPS) is 19.4. The van der Waals surface area contributed by atoms with Crippen LogP contribution in [0, 0.1) is 12.3 Å². The Hall–Kier alpha value is -1.36. The average molecular weight is 223 g/mol. The molecule has 2 rings (SSSR count). The Morgan fingerprint density at radius 2 is 2.25 bits per heavy atom. The first-order valence-corrected chi connectivity index (χ1v) is 5.54. The Balaban J connectivity index is 2.01.